The zero-order valence-electron chi connectivity index (χ0n) is 8.45. The maximum Gasteiger partial charge on any atom is 0.0824 e. The minimum absolute atomic E-state index is 0.295. The summed E-state index contributed by atoms with van der Waals surface area (Å²) in [6.07, 6.45) is 5.93. The maximum atomic E-state index is 10.1. The number of benzene rings is 1. The van der Waals surface area contributed by atoms with E-state index >= 15 is 0 Å². The van der Waals surface area contributed by atoms with Gasteiger partial charge in [0.15, 0.2) is 0 Å². The summed E-state index contributed by atoms with van der Waals surface area (Å²) in [5.74, 6) is 0.461. The highest BCUT2D eigenvalue weighted by Crippen LogP contribution is 2.33. The van der Waals surface area contributed by atoms with Crippen molar-refractivity contribution in [2.24, 2.45) is 5.92 Å². The van der Waals surface area contributed by atoms with Gasteiger partial charge in [-0.15, -0.1) is 0 Å². The van der Waals surface area contributed by atoms with E-state index in [-0.39, 0.29) is 6.10 Å². The number of rotatable bonds is 2. The van der Waals surface area contributed by atoms with Gasteiger partial charge in [-0.25, -0.2) is 0 Å². The summed E-state index contributed by atoms with van der Waals surface area (Å²) in [4.78, 5) is 0. The summed E-state index contributed by atoms with van der Waals surface area (Å²) in [5, 5.41) is 10.1. The lowest BCUT2D eigenvalue weighted by Crippen LogP contribution is -2.15. The Morgan fingerprint density at radius 1 is 1.21 bits per heavy atom. The second-order valence-corrected chi connectivity index (χ2v) is 4.16. The van der Waals surface area contributed by atoms with Gasteiger partial charge in [-0.1, -0.05) is 43.5 Å². The largest absolute Gasteiger partial charge is 0.388 e. The fraction of sp³-hybridized carbons (Fsp3) is 0.538. The minimum Gasteiger partial charge on any atom is -0.388 e. The standard InChI is InChI=1S/C13H17O/c14-13(11-7-3-1-4-8-11)12-9-5-2-6-10-12/h1,3-4,7,12-14H,2,5-6,9-10H2. The van der Waals surface area contributed by atoms with Gasteiger partial charge in [0, 0.05) is 0 Å². The molecule has 0 aromatic heterocycles. The molecule has 1 aromatic rings. The molecule has 1 aliphatic rings. The van der Waals surface area contributed by atoms with E-state index in [9.17, 15) is 5.11 Å². The molecule has 1 atom stereocenters. The van der Waals surface area contributed by atoms with Crippen molar-refractivity contribution in [2.45, 2.75) is 38.2 Å². The van der Waals surface area contributed by atoms with Crippen LogP contribution in [0.2, 0.25) is 0 Å². The lowest BCUT2D eigenvalue weighted by Gasteiger charge is -2.26. The van der Waals surface area contributed by atoms with Crippen LogP contribution in [-0.2, 0) is 0 Å². The van der Waals surface area contributed by atoms with Crippen LogP contribution in [0, 0.1) is 12.0 Å². The summed E-state index contributed by atoms with van der Waals surface area (Å²) >= 11 is 0. The molecule has 75 valence electrons. The van der Waals surface area contributed by atoms with Gasteiger partial charge in [-0.05, 0) is 30.4 Å². The summed E-state index contributed by atoms with van der Waals surface area (Å²) in [7, 11) is 0. The van der Waals surface area contributed by atoms with E-state index < -0.39 is 0 Å². The molecular weight excluding hydrogens is 172 g/mol. The number of hydrogen-bond donors (Lipinski definition) is 1. The molecular formula is C13H17O. The fourth-order valence-electron chi connectivity index (χ4n) is 2.30. The van der Waals surface area contributed by atoms with E-state index in [0.717, 1.165) is 5.56 Å². The molecule has 1 aliphatic carbocycles. The van der Waals surface area contributed by atoms with Crippen LogP contribution in [0.25, 0.3) is 0 Å². The van der Waals surface area contributed by atoms with E-state index in [1.807, 2.05) is 24.3 Å². The highest BCUT2D eigenvalue weighted by Gasteiger charge is 2.22. The Kier molecular flexibility index (Phi) is 3.20. The Bertz CT molecular complexity index is 262. The van der Waals surface area contributed by atoms with Gasteiger partial charge in [0.25, 0.3) is 0 Å². The number of hydrogen-bond acceptors (Lipinski definition) is 1. The van der Waals surface area contributed by atoms with E-state index in [1.54, 1.807) is 0 Å². The Hall–Kier alpha value is -0.820. The van der Waals surface area contributed by atoms with Crippen LogP contribution >= 0.6 is 0 Å². The monoisotopic (exact) mass is 189 g/mol. The third-order valence-electron chi connectivity index (χ3n) is 3.15. The van der Waals surface area contributed by atoms with Gasteiger partial charge in [-0.2, -0.15) is 0 Å². The van der Waals surface area contributed by atoms with Crippen LogP contribution in [0.15, 0.2) is 24.3 Å². The molecule has 0 spiro atoms. The third kappa shape index (κ3) is 2.16. The summed E-state index contributed by atoms with van der Waals surface area (Å²) in [6, 6.07) is 10.9. The van der Waals surface area contributed by atoms with Gasteiger partial charge in [0.05, 0.1) is 6.10 Å². The third-order valence-corrected chi connectivity index (χ3v) is 3.15. The minimum atomic E-state index is -0.295. The molecule has 1 saturated carbocycles. The molecule has 14 heavy (non-hydrogen) atoms. The molecule has 1 radical (unpaired) electrons. The Morgan fingerprint density at radius 3 is 2.64 bits per heavy atom. The molecule has 1 unspecified atom stereocenters. The first-order chi connectivity index (χ1) is 6.88. The van der Waals surface area contributed by atoms with Crippen LogP contribution in [-0.4, -0.2) is 5.11 Å². The first kappa shape index (κ1) is 9.72. The molecule has 0 bridgehead atoms. The van der Waals surface area contributed by atoms with Crippen molar-refractivity contribution in [1.29, 1.82) is 0 Å². The molecule has 1 N–H and O–H groups in total. The van der Waals surface area contributed by atoms with E-state index in [4.69, 9.17) is 0 Å². The number of aliphatic hydroxyl groups is 1. The maximum absolute atomic E-state index is 10.1. The second-order valence-electron chi connectivity index (χ2n) is 4.16. The van der Waals surface area contributed by atoms with Crippen LogP contribution in [0.4, 0.5) is 0 Å². The zero-order valence-corrected chi connectivity index (χ0v) is 8.45. The van der Waals surface area contributed by atoms with Crippen LogP contribution < -0.4 is 0 Å². The van der Waals surface area contributed by atoms with Crippen LogP contribution in [0.1, 0.15) is 43.8 Å². The fourth-order valence-corrected chi connectivity index (χ4v) is 2.30. The zero-order chi connectivity index (χ0) is 9.80. The normalized spacial score (nSPS) is 20.6. The average molecular weight is 189 g/mol. The van der Waals surface area contributed by atoms with Crippen molar-refractivity contribution >= 4 is 0 Å². The van der Waals surface area contributed by atoms with E-state index in [0.29, 0.717) is 5.92 Å². The van der Waals surface area contributed by atoms with Crippen molar-refractivity contribution in [3.8, 4) is 0 Å². The summed E-state index contributed by atoms with van der Waals surface area (Å²) < 4.78 is 0. The molecule has 0 heterocycles. The van der Waals surface area contributed by atoms with Crippen molar-refractivity contribution < 1.29 is 5.11 Å². The first-order valence-electron chi connectivity index (χ1n) is 5.52. The molecule has 1 aromatic carbocycles. The predicted molar refractivity (Wildman–Crippen MR) is 56.8 cm³/mol. The SMILES string of the molecule is OC(c1[c]cccc1)C1CCCCC1. The highest BCUT2D eigenvalue weighted by molar-refractivity contribution is 5.16. The molecule has 1 heteroatoms. The quantitative estimate of drug-likeness (QED) is 0.758. The summed E-state index contributed by atoms with van der Waals surface area (Å²) in [6.45, 7) is 0. The predicted octanol–water partition coefficient (Wildman–Crippen LogP) is 3.10. The van der Waals surface area contributed by atoms with E-state index in [2.05, 4.69) is 6.07 Å². The van der Waals surface area contributed by atoms with Gasteiger partial charge in [-0.3, -0.25) is 0 Å². The number of aliphatic hydroxyl groups excluding tert-OH is 1. The van der Waals surface area contributed by atoms with E-state index in [1.165, 1.54) is 32.1 Å². The van der Waals surface area contributed by atoms with Crippen molar-refractivity contribution in [3.05, 3.63) is 35.9 Å². The average Bonchev–Trinajstić information content (AvgIpc) is 2.30. The highest BCUT2D eigenvalue weighted by atomic mass is 16.3. The van der Waals surface area contributed by atoms with Gasteiger partial charge in [0.2, 0.25) is 0 Å². The molecule has 0 amide bonds. The summed E-state index contributed by atoms with van der Waals surface area (Å²) in [5.41, 5.74) is 0.958. The van der Waals surface area contributed by atoms with Gasteiger partial charge in [0.1, 0.15) is 0 Å². The molecule has 1 nitrogen and oxygen atoms in total. The molecule has 2 rings (SSSR count). The lowest BCUT2D eigenvalue weighted by molar-refractivity contribution is 0.0846. The Labute approximate surface area is 85.8 Å². The van der Waals surface area contributed by atoms with Crippen LogP contribution in [0.5, 0.6) is 0 Å². The van der Waals surface area contributed by atoms with Gasteiger partial charge < -0.3 is 5.11 Å². The van der Waals surface area contributed by atoms with Gasteiger partial charge >= 0.3 is 0 Å². The van der Waals surface area contributed by atoms with Crippen molar-refractivity contribution in [1.82, 2.24) is 0 Å². The Morgan fingerprint density at radius 2 is 2.00 bits per heavy atom. The molecule has 0 saturated heterocycles. The first-order valence-corrected chi connectivity index (χ1v) is 5.52. The topological polar surface area (TPSA) is 20.2 Å². The van der Waals surface area contributed by atoms with Crippen molar-refractivity contribution in [2.75, 3.05) is 0 Å². The molecule has 0 aliphatic heterocycles. The smallest absolute Gasteiger partial charge is 0.0824 e. The van der Waals surface area contributed by atoms with Crippen molar-refractivity contribution in [3.63, 3.8) is 0 Å². The second kappa shape index (κ2) is 4.61. The Balaban J connectivity index is 2.03. The molecule has 1 fully saturated rings. The lowest BCUT2D eigenvalue weighted by atomic mass is 9.83. The van der Waals surface area contributed by atoms with Crippen LogP contribution in [0.3, 0.4) is 0 Å².